The fraction of sp³-hybridized carbons (Fsp3) is 0.447. The van der Waals surface area contributed by atoms with Gasteiger partial charge >= 0.3 is 11.9 Å². The van der Waals surface area contributed by atoms with Gasteiger partial charge in [0.05, 0.1) is 37.8 Å². The van der Waals surface area contributed by atoms with Crippen molar-refractivity contribution in [2.45, 2.75) is 97.8 Å². The van der Waals surface area contributed by atoms with Crippen LogP contribution in [0.4, 0.5) is 0 Å². The molecular formula is C38H45N3O5. The Morgan fingerprint density at radius 2 is 1.78 bits per heavy atom. The molecule has 0 unspecified atom stereocenters. The second kappa shape index (κ2) is 12.5. The van der Waals surface area contributed by atoms with E-state index in [0.29, 0.717) is 29.4 Å². The normalized spacial score (nSPS) is 15.3. The molecule has 4 aromatic rings. The summed E-state index contributed by atoms with van der Waals surface area (Å²) in [6, 6.07) is 12.2. The van der Waals surface area contributed by atoms with Crippen molar-refractivity contribution in [2.24, 2.45) is 0 Å². The maximum Gasteiger partial charge on any atom is 0.357 e. The number of ether oxygens (including phenoxy) is 3. The monoisotopic (exact) mass is 623 g/mol. The van der Waals surface area contributed by atoms with Gasteiger partial charge in [-0.2, -0.15) is 0 Å². The van der Waals surface area contributed by atoms with Crippen molar-refractivity contribution in [3.8, 4) is 17.0 Å². The summed E-state index contributed by atoms with van der Waals surface area (Å²) in [6.45, 7) is 12.2. The lowest BCUT2D eigenvalue weighted by Gasteiger charge is -2.24. The Bertz CT molecular complexity index is 1830. The number of hydrogen-bond donors (Lipinski definition) is 0. The first-order valence-corrected chi connectivity index (χ1v) is 16.5. The van der Waals surface area contributed by atoms with Crippen LogP contribution in [0.1, 0.15) is 123 Å². The Balaban J connectivity index is 1.64. The molecule has 2 aromatic heterocycles. The lowest BCUT2D eigenvalue weighted by atomic mass is 9.81. The van der Waals surface area contributed by atoms with Crippen molar-refractivity contribution >= 4 is 34.5 Å². The lowest BCUT2D eigenvalue weighted by molar-refractivity contribution is 0.00693. The fourth-order valence-corrected chi connectivity index (χ4v) is 7.04. The van der Waals surface area contributed by atoms with E-state index in [1.807, 2.05) is 64.3 Å². The predicted molar refractivity (Wildman–Crippen MR) is 181 cm³/mol. The number of benzene rings is 2. The standard InChI is InChI=1S/C38H45N3O5/c1-8-45-37(43)35-33(39-22-41(35)23(2)3)27-18-26-19-28(44-7)15-17-29(26)34-32(24-12-10-9-11-13-24)30-16-14-25(20-31(30)40(34)21-27)36(42)46-38(4,5)6/h14-20,22-24H,8-13,21H2,1-7H3. The van der Waals surface area contributed by atoms with Crippen LogP contribution in [-0.4, -0.2) is 45.4 Å². The second-order valence-electron chi connectivity index (χ2n) is 13.7. The highest BCUT2D eigenvalue weighted by molar-refractivity contribution is 6.03. The third-order valence-electron chi connectivity index (χ3n) is 9.05. The van der Waals surface area contributed by atoms with Crippen molar-refractivity contribution < 1.29 is 23.8 Å². The van der Waals surface area contributed by atoms with Crippen LogP contribution in [0, 0.1) is 0 Å². The number of rotatable bonds is 7. The van der Waals surface area contributed by atoms with Gasteiger partial charge in [0.1, 0.15) is 17.0 Å². The third-order valence-corrected chi connectivity index (χ3v) is 9.05. The van der Waals surface area contributed by atoms with E-state index in [1.54, 1.807) is 13.4 Å². The van der Waals surface area contributed by atoms with Crippen LogP contribution in [0.5, 0.6) is 5.75 Å². The molecule has 2 aliphatic rings. The summed E-state index contributed by atoms with van der Waals surface area (Å²) >= 11 is 0. The molecule has 2 aromatic carbocycles. The van der Waals surface area contributed by atoms with Crippen molar-refractivity contribution in [3.05, 3.63) is 70.8 Å². The Kier molecular flexibility index (Phi) is 8.57. The van der Waals surface area contributed by atoms with Crippen LogP contribution in [0.15, 0.2) is 42.7 Å². The molecule has 0 bridgehead atoms. The largest absolute Gasteiger partial charge is 0.497 e. The molecule has 8 nitrogen and oxygen atoms in total. The topological polar surface area (TPSA) is 84.6 Å². The number of aromatic nitrogens is 3. The minimum atomic E-state index is -0.609. The average Bonchev–Trinajstić information content (AvgIpc) is 3.56. The van der Waals surface area contributed by atoms with Gasteiger partial charge in [-0.1, -0.05) is 25.3 Å². The predicted octanol–water partition coefficient (Wildman–Crippen LogP) is 8.83. The van der Waals surface area contributed by atoms with Crippen molar-refractivity contribution in [1.82, 2.24) is 14.1 Å². The Morgan fingerprint density at radius 3 is 2.46 bits per heavy atom. The maximum atomic E-state index is 13.4. The molecule has 242 valence electrons. The number of imidazole rings is 1. The summed E-state index contributed by atoms with van der Waals surface area (Å²) in [6.07, 6.45) is 9.75. The van der Waals surface area contributed by atoms with Crippen LogP contribution in [-0.2, 0) is 16.0 Å². The summed E-state index contributed by atoms with van der Waals surface area (Å²) in [4.78, 5) is 31.6. The molecular weight excluding hydrogens is 578 g/mol. The second-order valence-corrected chi connectivity index (χ2v) is 13.7. The maximum absolute atomic E-state index is 13.4. The molecule has 1 fully saturated rings. The van der Waals surface area contributed by atoms with Gasteiger partial charge in [0.15, 0.2) is 5.69 Å². The first-order valence-electron chi connectivity index (χ1n) is 16.5. The molecule has 0 amide bonds. The molecule has 0 N–H and O–H groups in total. The zero-order valence-corrected chi connectivity index (χ0v) is 28.1. The molecule has 1 aliphatic carbocycles. The SMILES string of the molecule is CCOC(=O)c1c(C2=Cc3cc(OC)ccc3-c3c(C4CCCCC4)c4ccc(C(=O)OC(C)(C)C)cc4n3C2)ncn1C(C)C. The van der Waals surface area contributed by atoms with E-state index in [1.165, 1.54) is 24.8 Å². The van der Waals surface area contributed by atoms with E-state index < -0.39 is 11.6 Å². The van der Waals surface area contributed by atoms with Crippen molar-refractivity contribution in [2.75, 3.05) is 13.7 Å². The number of esters is 2. The molecule has 1 aliphatic heterocycles. The van der Waals surface area contributed by atoms with E-state index in [4.69, 9.17) is 19.2 Å². The molecule has 8 heteroatoms. The molecule has 0 atom stereocenters. The number of allylic oxidation sites excluding steroid dienone is 1. The summed E-state index contributed by atoms with van der Waals surface area (Å²) in [5.41, 5.74) is 7.34. The van der Waals surface area contributed by atoms with Gasteiger partial charge in [-0.25, -0.2) is 14.6 Å². The summed E-state index contributed by atoms with van der Waals surface area (Å²) < 4.78 is 21.2. The highest BCUT2D eigenvalue weighted by atomic mass is 16.6. The van der Waals surface area contributed by atoms with E-state index in [0.717, 1.165) is 51.9 Å². The van der Waals surface area contributed by atoms with Crippen LogP contribution in [0.2, 0.25) is 0 Å². The Morgan fingerprint density at radius 1 is 1.02 bits per heavy atom. The molecule has 1 saturated carbocycles. The van der Waals surface area contributed by atoms with Gasteiger partial charge in [-0.15, -0.1) is 0 Å². The number of carbonyl (C=O) groups is 2. The zero-order valence-electron chi connectivity index (χ0n) is 28.1. The number of carbonyl (C=O) groups excluding carboxylic acids is 2. The lowest BCUT2D eigenvalue weighted by Crippen LogP contribution is -2.23. The van der Waals surface area contributed by atoms with Crippen LogP contribution in [0.3, 0.4) is 0 Å². The minimum Gasteiger partial charge on any atom is -0.497 e. The molecule has 46 heavy (non-hydrogen) atoms. The van der Waals surface area contributed by atoms with Gasteiger partial charge in [0.25, 0.3) is 0 Å². The summed E-state index contributed by atoms with van der Waals surface area (Å²) in [5.74, 6) is 0.404. The van der Waals surface area contributed by atoms with Crippen LogP contribution >= 0.6 is 0 Å². The van der Waals surface area contributed by atoms with Gasteiger partial charge in [0.2, 0.25) is 0 Å². The van der Waals surface area contributed by atoms with Crippen molar-refractivity contribution in [1.29, 1.82) is 0 Å². The number of methoxy groups -OCH3 is 1. The number of fused-ring (bicyclic) bond motifs is 5. The summed E-state index contributed by atoms with van der Waals surface area (Å²) in [7, 11) is 1.68. The molecule has 0 saturated heterocycles. The van der Waals surface area contributed by atoms with E-state index in [-0.39, 0.29) is 18.6 Å². The Labute approximate surface area is 271 Å². The van der Waals surface area contributed by atoms with Gasteiger partial charge < -0.3 is 23.3 Å². The van der Waals surface area contributed by atoms with Crippen molar-refractivity contribution in [3.63, 3.8) is 0 Å². The summed E-state index contributed by atoms with van der Waals surface area (Å²) in [5, 5.41) is 1.15. The van der Waals surface area contributed by atoms with Gasteiger partial charge in [-0.3, -0.25) is 0 Å². The quantitative estimate of drug-likeness (QED) is 0.191. The van der Waals surface area contributed by atoms with E-state index in [9.17, 15) is 9.59 Å². The number of hydrogen-bond acceptors (Lipinski definition) is 6. The highest BCUT2D eigenvalue weighted by Crippen LogP contribution is 2.48. The molecule has 0 spiro atoms. The molecule has 0 radical (unpaired) electrons. The Hall–Kier alpha value is -4.33. The van der Waals surface area contributed by atoms with Gasteiger partial charge in [-0.05, 0) is 108 Å². The van der Waals surface area contributed by atoms with E-state index >= 15 is 0 Å². The van der Waals surface area contributed by atoms with Crippen LogP contribution < -0.4 is 4.74 Å². The van der Waals surface area contributed by atoms with E-state index in [2.05, 4.69) is 28.8 Å². The molecule has 3 heterocycles. The smallest absolute Gasteiger partial charge is 0.357 e. The number of nitrogens with zero attached hydrogens (tertiary/aromatic N) is 3. The third kappa shape index (κ3) is 5.85. The van der Waals surface area contributed by atoms with Crippen LogP contribution in [0.25, 0.3) is 33.8 Å². The zero-order chi connectivity index (χ0) is 32.7. The highest BCUT2D eigenvalue weighted by Gasteiger charge is 2.32. The molecule has 6 rings (SSSR count). The first kappa shape index (κ1) is 31.6. The minimum absolute atomic E-state index is 0.0108. The fourth-order valence-electron chi connectivity index (χ4n) is 7.04. The van der Waals surface area contributed by atoms with Gasteiger partial charge in [0, 0.05) is 28.1 Å². The first-order chi connectivity index (χ1) is 22.0. The average molecular weight is 624 g/mol.